The highest BCUT2D eigenvalue weighted by Gasteiger charge is 2.17. The van der Waals surface area contributed by atoms with E-state index >= 15 is 0 Å². The maximum absolute atomic E-state index is 14.6. The van der Waals surface area contributed by atoms with Crippen LogP contribution in [0.3, 0.4) is 0 Å². The lowest BCUT2D eigenvalue weighted by molar-refractivity contribution is 0.611. The van der Waals surface area contributed by atoms with Crippen LogP contribution in [0.1, 0.15) is 44.4 Å². The molecule has 1 aromatic carbocycles. The lowest BCUT2D eigenvalue weighted by atomic mass is 9.93. The molecule has 4 heteroatoms. The van der Waals surface area contributed by atoms with Gasteiger partial charge in [-0.05, 0) is 64.3 Å². The number of allylic oxidation sites excluding steroid dienone is 6. The SMILES string of the molecule is C\C=C(C)/N=C(C)/C=C\C(=C/C)c1c(C)c(F)c(C)c2[nH]ncc12. The van der Waals surface area contributed by atoms with Gasteiger partial charge in [0.25, 0.3) is 0 Å². The Labute approximate surface area is 142 Å². The van der Waals surface area contributed by atoms with Crippen molar-refractivity contribution in [2.24, 2.45) is 4.99 Å². The summed E-state index contributed by atoms with van der Waals surface area (Å²) in [7, 11) is 0. The number of nitrogens with zero attached hydrogens (tertiary/aromatic N) is 2. The van der Waals surface area contributed by atoms with Crippen LogP contribution in [0.4, 0.5) is 4.39 Å². The Bertz CT molecular complexity index is 880. The molecule has 0 aliphatic heterocycles. The summed E-state index contributed by atoms with van der Waals surface area (Å²) in [5.41, 5.74) is 5.67. The van der Waals surface area contributed by atoms with Gasteiger partial charge < -0.3 is 0 Å². The molecule has 0 fully saturated rings. The fraction of sp³-hybridized carbons (Fsp3) is 0.300. The first-order valence-electron chi connectivity index (χ1n) is 8.05. The number of H-pyrrole nitrogens is 1. The fourth-order valence-electron chi connectivity index (χ4n) is 2.75. The Balaban J connectivity index is 2.56. The van der Waals surface area contributed by atoms with Crippen LogP contribution >= 0.6 is 0 Å². The van der Waals surface area contributed by atoms with E-state index in [1.165, 1.54) is 0 Å². The van der Waals surface area contributed by atoms with Crippen molar-refractivity contribution in [2.75, 3.05) is 0 Å². The van der Waals surface area contributed by atoms with Crippen molar-refractivity contribution >= 4 is 22.2 Å². The third-order valence-corrected chi connectivity index (χ3v) is 4.19. The maximum atomic E-state index is 14.6. The number of aryl methyl sites for hydroxylation is 1. The first-order chi connectivity index (χ1) is 11.4. The van der Waals surface area contributed by atoms with Crippen molar-refractivity contribution < 1.29 is 4.39 Å². The standard InChI is InChI=1S/C20H24FN3/c1-7-12(3)23-13(4)9-10-16(8-2)18-14(5)19(21)15(6)20-17(18)11-22-24-20/h7-11H,1-6H3,(H,22,24)/b10-9-,12-7-,16-8+,23-13+. The molecule has 0 atom stereocenters. The quantitative estimate of drug-likeness (QED) is 0.571. The van der Waals surface area contributed by atoms with Crippen molar-refractivity contribution in [3.8, 4) is 0 Å². The Morgan fingerprint density at radius 3 is 2.46 bits per heavy atom. The topological polar surface area (TPSA) is 41.0 Å². The molecule has 1 N–H and O–H groups in total. The third-order valence-electron chi connectivity index (χ3n) is 4.19. The molecule has 2 rings (SSSR count). The molecule has 1 heterocycles. The number of aromatic amines is 1. The second-order valence-electron chi connectivity index (χ2n) is 5.86. The molecule has 0 aliphatic rings. The molecule has 126 valence electrons. The Morgan fingerprint density at radius 1 is 1.12 bits per heavy atom. The first-order valence-corrected chi connectivity index (χ1v) is 8.05. The van der Waals surface area contributed by atoms with E-state index in [2.05, 4.69) is 15.2 Å². The van der Waals surface area contributed by atoms with Crippen molar-refractivity contribution in [2.45, 2.75) is 41.5 Å². The molecule has 0 aliphatic carbocycles. The summed E-state index contributed by atoms with van der Waals surface area (Å²) in [6.45, 7) is 11.4. The number of nitrogens with one attached hydrogen (secondary N) is 1. The number of halogens is 1. The first kappa shape index (κ1) is 17.9. The van der Waals surface area contributed by atoms with E-state index in [9.17, 15) is 4.39 Å². The average molecular weight is 325 g/mol. The summed E-state index contributed by atoms with van der Waals surface area (Å²) in [5.74, 6) is -0.190. The monoisotopic (exact) mass is 325 g/mol. The van der Waals surface area contributed by atoms with Gasteiger partial charge in [-0.2, -0.15) is 5.10 Å². The molecule has 0 saturated carbocycles. The highest BCUT2D eigenvalue weighted by Crippen LogP contribution is 2.32. The van der Waals surface area contributed by atoms with Crippen LogP contribution in [0.5, 0.6) is 0 Å². The normalized spacial score (nSPS) is 14.2. The summed E-state index contributed by atoms with van der Waals surface area (Å²) >= 11 is 0. The van der Waals surface area contributed by atoms with E-state index in [0.29, 0.717) is 11.1 Å². The number of fused-ring (bicyclic) bond motifs is 1. The summed E-state index contributed by atoms with van der Waals surface area (Å²) in [6, 6.07) is 0. The molecule has 0 amide bonds. The zero-order chi connectivity index (χ0) is 17.9. The molecule has 0 spiro atoms. The van der Waals surface area contributed by atoms with E-state index in [1.807, 2.05) is 58.9 Å². The number of rotatable bonds is 4. The largest absolute Gasteiger partial charge is 0.277 e. The van der Waals surface area contributed by atoms with E-state index in [0.717, 1.165) is 33.4 Å². The van der Waals surface area contributed by atoms with Gasteiger partial charge >= 0.3 is 0 Å². The molecule has 24 heavy (non-hydrogen) atoms. The third kappa shape index (κ3) is 3.37. The molecular formula is C20H24FN3. The average Bonchev–Trinajstić information content (AvgIpc) is 3.04. The van der Waals surface area contributed by atoms with E-state index < -0.39 is 0 Å². The molecule has 3 nitrogen and oxygen atoms in total. The van der Waals surface area contributed by atoms with Crippen LogP contribution in [-0.4, -0.2) is 15.9 Å². The minimum atomic E-state index is -0.190. The molecule has 2 aromatic rings. The van der Waals surface area contributed by atoms with Crippen molar-refractivity contribution in [3.63, 3.8) is 0 Å². The summed E-state index contributed by atoms with van der Waals surface area (Å²) in [6.07, 6.45) is 9.63. The zero-order valence-electron chi connectivity index (χ0n) is 15.2. The van der Waals surface area contributed by atoms with Crippen molar-refractivity contribution in [1.29, 1.82) is 0 Å². The number of aliphatic imine (C=N–C) groups is 1. The van der Waals surface area contributed by atoms with Gasteiger partial charge in [0.1, 0.15) is 5.82 Å². The van der Waals surface area contributed by atoms with Gasteiger partial charge in [0.05, 0.1) is 11.7 Å². The molecule has 0 unspecified atom stereocenters. The van der Waals surface area contributed by atoms with E-state index in [4.69, 9.17) is 0 Å². The Kier molecular flexibility index (Phi) is 5.50. The van der Waals surface area contributed by atoms with Crippen LogP contribution < -0.4 is 0 Å². The highest BCUT2D eigenvalue weighted by molar-refractivity contribution is 6.00. The molecule has 0 radical (unpaired) electrons. The smallest absolute Gasteiger partial charge is 0.131 e. The lowest BCUT2D eigenvalue weighted by Gasteiger charge is -2.12. The summed E-state index contributed by atoms with van der Waals surface area (Å²) < 4.78 is 14.6. The summed E-state index contributed by atoms with van der Waals surface area (Å²) in [4.78, 5) is 4.47. The van der Waals surface area contributed by atoms with Crippen molar-refractivity contribution in [1.82, 2.24) is 10.2 Å². The van der Waals surface area contributed by atoms with Crippen LogP contribution in [0, 0.1) is 19.7 Å². The second-order valence-corrected chi connectivity index (χ2v) is 5.86. The second kappa shape index (κ2) is 7.39. The number of benzene rings is 1. The van der Waals surface area contributed by atoms with Gasteiger partial charge in [-0.25, -0.2) is 4.39 Å². The number of aromatic nitrogens is 2. The van der Waals surface area contributed by atoms with Crippen LogP contribution in [0.15, 0.2) is 41.2 Å². The molecule has 0 saturated heterocycles. The lowest BCUT2D eigenvalue weighted by Crippen LogP contribution is -1.97. The van der Waals surface area contributed by atoms with Gasteiger partial charge in [-0.15, -0.1) is 0 Å². The van der Waals surface area contributed by atoms with Gasteiger partial charge in [0.2, 0.25) is 0 Å². The van der Waals surface area contributed by atoms with Gasteiger partial charge in [0.15, 0.2) is 0 Å². The van der Waals surface area contributed by atoms with Crippen LogP contribution in [-0.2, 0) is 0 Å². The minimum absolute atomic E-state index is 0.190. The predicted molar refractivity (Wildman–Crippen MR) is 101 cm³/mol. The number of hydrogen-bond acceptors (Lipinski definition) is 2. The van der Waals surface area contributed by atoms with Crippen LogP contribution in [0.25, 0.3) is 16.5 Å². The van der Waals surface area contributed by atoms with E-state index in [1.54, 1.807) is 13.1 Å². The maximum Gasteiger partial charge on any atom is 0.131 e. The molecule has 0 bridgehead atoms. The summed E-state index contributed by atoms with van der Waals surface area (Å²) in [5, 5.41) is 7.93. The predicted octanol–water partition coefficient (Wildman–Crippen LogP) is 5.66. The highest BCUT2D eigenvalue weighted by atomic mass is 19.1. The molecule has 1 aromatic heterocycles. The minimum Gasteiger partial charge on any atom is -0.277 e. The number of hydrogen-bond donors (Lipinski definition) is 1. The molecular weight excluding hydrogens is 301 g/mol. The van der Waals surface area contributed by atoms with Gasteiger partial charge in [-0.1, -0.05) is 18.2 Å². The van der Waals surface area contributed by atoms with Crippen molar-refractivity contribution in [3.05, 3.63) is 58.7 Å². The zero-order valence-corrected chi connectivity index (χ0v) is 15.2. The van der Waals surface area contributed by atoms with E-state index in [-0.39, 0.29) is 5.82 Å². The fourth-order valence-corrected chi connectivity index (χ4v) is 2.75. The van der Waals surface area contributed by atoms with Gasteiger partial charge in [-0.3, -0.25) is 10.1 Å². The Morgan fingerprint density at radius 2 is 1.83 bits per heavy atom. The van der Waals surface area contributed by atoms with Crippen LogP contribution in [0.2, 0.25) is 0 Å². The van der Waals surface area contributed by atoms with Gasteiger partial charge in [0, 0.05) is 22.4 Å². The Hall–Kier alpha value is -2.49.